The second kappa shape index (κ2) is 10.0. The van der Waals surface area contributed by atoms with Crippen LogP contribution < -0.4 is 19.5 Å². The van der Waals surface area contributed by atoms with Crippen molar-refractivity contribution in [1.29, 1.82) is 0 Å². The molecule has 0 spiro atoms. The molecule has 3 aromatic rings. The molecule has 0 aliphatic heterocycles. The molecule has 0 radical (unpaired) electrons. The van der Waals surface area contributed by atoms with E-state index in [0.717, 1.165) is 17.0 Å². The molecule has 0 aromatic heterocycles. The maximum absolute atomic E-state index is 13.1. The fourth-order valence-electron chi connectivity index (χ4n) is 3.18. The Labute approximate surface area is 181 Å². The summed E-state index contributed by atoms with van der Waals surface area (Å²) in [4.78, 5) is 13.1. The molecule has 3 aromatic carbocycles. The monoisotopic (exact) mass is 425 g/mol. The molecule has 0 saturated heterocycles. The smallest absolute Gasteiger partial charge is 0.165 e. The second-order valence-electron chi connectivity index (χ2n) is 6.68. The highest BCUT2D eigenvalue weighted by atomic mass is 35.5. The highest BCUT2D eigenvalue weighted by Crippen LogP contribution is 2.31. The van der Waals surface area contributed by atoms with Crippen molar-refractivity contribution in [2.24, 2.45) is 0 Å². The second-order valence-corrected chi connectivity index (χ2v) is 7.11. The van der Waals surface area contributed by atoms with Gasteiger partial charge in [0.25, 0.3) is 0 Å². The van der Waals surface area contributed by atoms with Gasteiger partial charge in [-0.05, 0) is 54.1 Å². The Bertz CT molecular complexity index is 1000. The number of hydrogen-bond donors (Lipinski definition) is 1. The first kappa shape index (κ1) is 21.5. The topological polar surface area (TPSA) is 56.8 Å². The summed E-state index contributed by atoms with van der Waals surface area (Å²) >= 11 is 6.13. The van der Waals surface area contributed by atoms with E-state index in [9.17, 15) is 4.79 Å². The minimum Gasteiger partial charge on any atom is -0.497 e. The summed E-state index contributed by atoms with van der Waals surface area (Å²) in [6, 6.07) is 20.0. The average molecular weight is 426 g/mol. The molecule has 0 aliphatic rings. The van der Waals surface area contributed by atoms with E-state index >= 15 is 0 Å². The largest absolute Gasteiger partial charge is 0.497 e. The van der Waals surface area contributed by atoms with Crippen LogP contribution in [0.3, 0.4) is 0 Å². The van der Waals surface area contributed by atoms with Gasteiger partial charge < -0.3 is 19.5 Å². The lowest BCUT2D eigenvalue weighted by atomic mass is 9.97. The molecular formula is C24H24ClNO4. The van der Waals surface area contributed by atoms with Crippen LogP contribution in [0.2, 0.25) is 5.02 Å². The van der Waals surface area contributed by atoms with Gasteiger partial charge in [-0.2, -0.15) is 0 Å². The van der Waals surface area contributed by atoms with E-state index in [0.29, 0.717) is 22.1 Å². The summed E-state index contributed by atoms with van der Waals surface area (Å²) < 4.78 is 15.8. The van der Waals surface area contributed by atoms with E-state index < -0.39 is 0 Å². The third kappa shape index (κ3) is 5.24. The molecular weight excluding hydrogens is 402 g/mol. The molecule has 156 valence electrons. The molecule has 0 fully saturated rings. The SMILES string of the molecule is COc1ccc(C(CC(=O)c2ccc(OC)c(OC)c2)Nc2cccc(Cl)c2)cc1. The lowest BCUT2D eigenvalue weighted by Gasteiger charge is -2.21. The third-order valence-electron chi connectivity index (χ3n) is 4.78. The first-order valence-corrected chi connectivity index (χ1v) is 9.83. The van der Waals surface area contributed by atoms with Crippen LogP contribution in [-0.2, 0) is 0 Å². The van der Waals surface area contributed by atoms with E-state index in [4.69, 9.17) is 25.8 Å². The zero-order chi connectivity index (χ0) is 21.5. The lowest BCUT2D eigenvalue weighted by molar-refractivity contribution is 0.0976. The lowest BCUT2D eigenvalue weighted by Crippen LogP contribution is -2.16. The number of nitrogens with one attached hydrogen (secondary N) is 1. The average Bonchev–Trinajstić information content (AvgIpc) is 2.78. The number of benzene rings is 3. The molecule has 6 heteroatoms. The van der Waals surface area contributed by atoms with Crippen molar-refractivity contribution < 1.29 is 19.0 Å². The third-order valence-corrected chi connectivity index (χ3v) is 5.01. The standard InChI is InChI=1S/C24H24ClNO4/c1-28-20-10-7-16(8-11-20)21(26-19-6-4-5-18(25)14-19)15-22(27)17-9-12-23(29-2)24(13-17)30-3/h4-14,21,26H,15H2,1-3H3. The highest BCUT2D eigenvalue weighted by Gasteiger charge is 2.19. The Kier molecular flexibility index (Phi) is 7.20. The Balaban J connectivity index is 1.88. The van der Waals surface area contributed by atoms with E-state index in [-0.39, 0.29) is 18.2 Å². The molecule has 1 unspecified atom stereocenters. The van der Waals surface area contributed by atoms with Gasteiger partial charge >= 0.3 is 0 Å². The minimum absolute atomic E-state index is 0.0219. The number of ketones is 1. The normalized spacial score (nSPS) is 11.5. The van der Waals surface area contributed by atoms with Crippen LogP contribution in [0.5, 0.6) is 17.2 Å². The summed E-state index contributed by atoms with van der Waals surface area (Å²) in [5.74, 6) is 1.84. The van der Waals surface area contributed by atoms with Crippen LogP contribution in [0.15, 0.2) is 66.7 Å². The maximum atomic E-state index is 13.1. The molecule has 3 rings (SSSR count). The van der Waals surface area contributed by atoms with Gasteiger partial charge in [-0.25, -0.2) is 0 Å². The summed E-state index contributed by atoms with van der Waals surface area (Å²) in [7, 11) is 4.73. The number of ether oxygens (including phenoxy) is 3. The molecule has 0 aliphatic carbocycles. The fraction of sp³-hybridized carbons (Fsp3) is 0.208. The van der Waals surface area contributed by atoms with Gasteiger partial charge in [-0.1, -0.05) is 29.8 Å². The minimum atomic E-state index is -0.255. The van der Waals surface area contributed by atoms with Gasteiger partial charge in [0.2, 0.25) is 0 Å². The van der Waals surface area contributed by atoms with Crippen molar-refractivity contribution in [3.63, 3.8) is 0 Å². The van der Waals surface area contributed by atoms with Gasteiger partial charge in [-0.3, -0.25) is 4.79 Å². The van der Waals surface area contributed by atoms with Gasteiger partial charge in [0.15, 0.2) is 17.3 Å². The Morgan fingerprint density at radius 1 is 0.900 bits per heavy atom. The van der Waals surface area contributed by atoms with Gasteiger partial charge in [0.1, 0.15) is 5.75 Å². The zero-order valence-electron chi connectivity index (χ0n) is 17.1. The molecule has 0 bridgehead atoms. The van der Waals surface area contributed by atoms with Crippen LogP contribution in [0.4, 0.5) is 5.69 Å². The molecule has 1 N–H and O–H groups in total. The van der Waals surface area contributed by atoms with Gasteiger partial charge in [0, 0.05) is 22.7 Å². The van der Waals surface area contributed by atoms with E-state index in [1.165, 1.54) is 0 Å². The summed E-state index contributed by atoms with van der Waals surface area (Å²) in [5.41, 5.74) is 2.35. The first-order chi connectivity index (χ1) is 14.5. The highest BCUT2D eigenvalue weighted by molar-refractivity contribution is 6.30. The van der Waals surface area contributed by atoms with Gasteiger partial charge in [-0.15, -0.1) is 0 Å². The molecule has 30 heavy (non-hydrogen) atoms. The van der Waals surface area contributed by atoms with Crippen LogP contribution in [0.25, 0.3) is 0 Å². The van der Waals surface area contributed by atoms with Gasteiger partial charge in [0.05, 0.1) is 27.4 Å². The predicted molar refractivity (Wildman–Crippen MR) is 119 cm³/mol. The molecule has 0 amide bonds. The van der Waals surface area contributed by atoms with Crippen LogP contribution >= 0.6 is 11.6 Å². The van der Waals surface area contributed by atoms with Crippen molar-refractivity contribution in [3.05, 3.63) is 82.9 Å². The Morgan fingerprint density at radius 2 is 1.63 bits per heavy atom. The quantitative estimate of drug-likeness (QED) is 0.439. The number of anilines is 1. The summed E-state index contributed by atoms with van der Waals surface area (Å²) in [5, 5.41) is 4.05. The molecule has 0 saturated carbocycles. The van der Waals surface area contributed by atoms with E-state index in [1.54, 1.807) is 39.5 Å². The fourth-order valence-corrected chi connectivity index (χ4v) is 3.37. The number of methoxy groups -OCH3 is 3. The predicted octanol–water partition coefficient (Wildman–Crippen LogP) is 5.79. The number of rotatable bonds is 9. The zero-order valence-corrected chi connectivity index (χ0v) is 17.9. The number of halogens is 1. The maximum Gasteiger partial charge on any atom is 0.165 e. The summed E-state index contributed by atoms with van der Waals surface area (Å²) in [6.07, 6.45) is 0.244. The number of carbonyl (C=O) groups excluding carboxylic acids is 1. The van der Waals surface area contributed by atoms with Crippen molar-refractivity contribution in [3.8, 4) is 17.2 Å². The summed E-state index contributed by atoms with van der Waals surface area (Å²) in [6.45, 7) is 0. The number of hydrogen-bond acceptors (Lipinski definition) is 5. The number of carbonyl (C=O) groups is 1. The first-order valence-electron chi connectivity index (χ1n) is 9.45. The van der Waals surface area contributed by atoms with Crippen LogP contribution in [-0.4, -0.2) is 27.1 Å². The molecule has 5 nitrogen and oxygen atoms in total. The molecule has 0 heterocycles. The van der Waals surface area contributed by atoms with E-state index in [2.05, 4.69) is 5.32 Å². The van der Waals surface area contributed by atoms with Crippen molar-refractivity contribution in [1.82, 2.24) is 0 Å². The Hall–Kier alpha value is -3.18. The van der Waals surface area contributed by atoms with E-state index in [1.807, 2.05) is 48.5 Å². The Morgan fingerprint density at radius 3 is 2.27 bits per heavy atom. The molecule has 1 atom stereocenters. The number of Topliss-reactive ketones (excluding diaryl/α,β-unsaturated/α-hetero) is 1. The van der Waals surface area contributed by atoms with Crippen molar-refractivity contribution >= 4 is 23.1 Å². The van der Waals surface area contributed by atoms with Crippen LogP contribution in [0, 0.1) is 0 Å². The van der Waals surface area contributed by atoms with Crippen LogP contribution in [0.1, 0.15) is 28.4 Å². The van der Waals surface area contributed by atoms with Crippen molar-refractivity contribution in [2.45, 2.75) is 12.5 Å². The van der Waals surface area contributed by atoms with Crippen molar-refractivity contribution in [2.75, 3.05) is 26.6 Å².